The van der Waals surface area contributed by atoms with Crippen molar-refractivity contribution in [3.8, 4) is 5.75 Å². The fourth-order valence-electron chi connectivity index (χ4n) is 2.82. The van der Waals surface area contributed by atoms with Crippen LogP contribution < -0.4 is 5.32 Å². The fraction of sp³-hybridized carbons (Fsp3) is 0.500. The van der Waals surface area contributed by atoms with Gasteiger partial charge in [0.15, 0.2) is 5.96 Å². The van der Waals surface area contributed by atoms with E-state index in [9.17, 15) is 9.90 Å². The minimum atomic E-state index is 0.189. The van der Waals surface area contributed by atoms with Crippen LogP contribution in [-0.4, -0.2) is 59.5 Å². The minimum Gasteiger partial charge on any atom is -0.508 e. The number of nitrogens with zero attached hydrogens (tertiary/aromatic N) is 3. The first-order chi connectivity index (χ1) is 10.7. The highest BCUT2D eigenvalue weighted by atomic mass is 16.3. The number of amides is 1. The lowest BCUT2D eigenvalue weighted by atomic mass is 10.2. The van der Waals surface area contributed by atoms with Crippen molar-refractivity contribution in [1.29, 1.82) is 0 Å². The molecule has 0 radical (unpaired) electrons. The van der Waals surface area contributed by atoms with Crippen LogP contribution in [0.3, 0.4) is 0 Å². The maximum Gasteiger partial charge on any atom is 0.242 e. The number of nitrogens with one attached hydrogen (secondary N) is 1. The lowest BCUT2D eigenvalue weighted by Gasteiger charge is -2.36. The number of phenols is 1. The molecule has 0 spiro atoms. The first-order valence-corrected chi connectivity index (χ1v) is 7.70. The average molecular weight is 302 g/mol. The van der Waals surface area contributed by atoms with Gasteiger partial charge in [0.2, 0.25) is 5.91 Å². The van der Waals surface area contributed by atoms with Crippen LogP contribution in [-0.2, 0) is 11.3 Å². The molecule has 118 valence electrons. The molecule has 6 nitrogen and oxygen atoms in total. The highest BCUT2D eigenvalue weighted by Gasteiger charge is 2.36. The number of guanidine groups is 1. The van der Waals surface area contributed by atoms with Crippen molar-refractivity contribution in [3.05, 3.63) is 29.8 Å². The Morgan fingerprint density at radius 2 is 2.23 bits per heavy atom. The highest BCUT2D eigenvalue weighted by molar-refractivity contribution is 5.87. The van der Waals surface area contributed by atoms with Gasteiger partial charge in [-0.2, -0.15) is 0 Å². The first kappa shape index (κ1) is 14.7. The van der Waals surface area contributed by atoms with Gasteiger partial charge >= 0.3 is 0 Å². The van der Waals surface area contributed by atoms with Crippen molar-refractivity contribution in [3.63, 3.8) is 0 Å². The molecule has 0 bridgehead atoms. The Kier molecular flexibility index (Phi) is 4.18. The molecule has 1 aromatic rings. The molecular formula is C16H22N4O2. The average Bonchev–Trinajstić information content (AvgIpc) is 3.33. The molecule has 2 N–H and O–H groups in total. The van der Waals surface area contributed by atoms with Crippen molar-refractivity contribution in [2.24, 2.45) is 4.99 Å². The van der Waals surface area contributed by atoms with Gasteiger partial charge in [0.05, 0.1) is 6.54 Å². The lowest BCUT2D eigenvalue weighted by Crippen LogP contribution is -2.55. The molecule has 1 amide bonds. The van der Waals surface area contributed by atoms with E-state index in [1.54, 1.807) is 19.2 Å². The Morgan fingerprint density at radius 3 is 2.86 bits per heavy atom. The summed E-state index contributed by atoms with van der Waals surface area (Å²) in [6.07, 6.45) is 2.30. The third-order valence-corrected chi connectivity index (χ3v) is 4.12. The molecule has 2 aliphatic rings. The number of hydrogen-bond acceptors (Lipinski definition) is 3. The number of rotatable bonds is 3. The maximum absolute atomic E-state index is 12.2. The Hall–Kier alpha value is -2.24. The number of piperazine rings is 1. The summed E-state index contributed by atoms with van der Waals surface area (Å²) in [5.74, 6) is 1.17. The second-order valence-corrected chi connectivity index (χ2v) is 5.81. The quantitative estimate of drug-likeness (QED) is 0.639. The number of hydrogen-bond donors (Lipinski definition) is 2. The molecule has 1 aliphatic carbocycles. The molecule has 22 heavy (non-hydrogen) atoms. The minimum absolute atomic E-state index is 0.189. The van der Waals surface area contributed by atoms with Crippen molar-refractivity contribution in [2.45, 2.75) is 25.4 Å². The first-order valence-electron chi connectivity index (χ1n) is 7.70. The molecule has 2 fully saturated rings. The standard InChI is InChI=1S/C16H22N4O2/c1-17-16(18-10-12-3-2-4-14(21)9-12)19-7-8-20(13-5-6-13)15(22)11-19/h2-4,9,13,21H,5-8,10-11H2,1H3,(H,17,18). The van der Waals surface area contributed by atoms with Crippen LogP contribution in [0.4, 0.5) is 0 Å². The van der Waals surface area contributed by atoms with E-state index in [0.717, 1.165) is 37.5 Å². The van der Waals surface area contributed by atoms with Gasteiger partial charge in [-0.05, 0) is 30.5 Å². The van der Waals surface area contributed by atoms with Crippen LogP contribution in [0.1, 0.15) is 18.4 Å². The van der Waals surface area contributed by atoms with Gasteiger partial charge in [-0.3, -0.25) is 9.79 Å². The number of benzene rings is 1. The monoisotopic (exact) mass is 302 g/mol. The van der Waals surface area contributed by atoms with Gasteiger partial charge in [-0.1, -0.05) is 12.1 Å². The van der Waals surface area contributed by atoms with Gasteiger partial charge in [0, 0.05) is 32.7 Å². The van der Waals surface area contributed by atoms with Gasteiger partial charge < -0.3 is 20.2 Å². The van der Waals surface area contributed by atoms with Gasteiger partial charge in [-0.25, -0.2) is 0 Å². The van der Waals surface area contributed by atoms with Crippen LogP contribution in [0.15, 0.2) is 29.3 Å². The topological polar surface area (TPSA) is 68.2 Å². The van der Waals surface area contributed by atoms with E-state index in [1.165, 1.54) is 0 Å². The number of aromatic hydroxyl groups is 1. The molecule has 1 saturated heterocycles. The summed E-state index contributed by atoms with van der Waals surface area (Å²) < 4.78 is 0. The van der Waals surface area contributed by atoms with Gasteiger partial charge in [0.1, 0.15) is 5.75 Å². The SMILES string of the molecule is CN=C(NCc1cccc(O)c1)N1CCN(C2CC2)C(=O)C1. The van der Waals surface area contributed by atoms with E-state index in [2.05, 4.69) is 10.3 Å². The second kappa shape index (κ2) is 6.25. The fourth-order valence-corrected chi connectivity index (χ4v) is 2.82. The number of carbonyl (C=O) groups is 1. The molecule has 1 heterocycles. The molecular weight excluding hydrogens is 280 g/mol. The van der Waals surface area contributed by atoms with Gasteiger partial charge in [-0.15, -0.1) is 0 Å². The normalized spacial score (nSPS) is 19.5. The zero-order chi connectivity index (χ0) is 15.5. The predicted molar refractivity (Wildman–Crippen MR) is 84.6 cm³/mol. The summed E-state index contributed by atoms with van der Waals surface area (Å²) in [5.41, 5.74) is 0.976. The Labute approximate surface area is 130 Å². The molecule has 1 aromatic carbocycles. The van der Waals surface area contributed by atoms with E-state index >= 15 is 0 Å². The largest absolute Gasteiger partial charge is 0.508 e. The Morgan fingerprint density at radius 1 is 1.41 bits per heavy atom. The summed E-state index contributed by atoms with van der Waals surface area (Å²) in [4.78, 5) is 20.5. The number of phenolic OH excluding ortho intramolecular Hbond substituents is 1. The van der Waals surface area contributed by atoms with E-state index in [1.807, 2.05) is 21.9 Å². The highest BCUT2D eigenvalue weighted by Crippen LogP contribution is 2.28. The summed E-state index contributed by atoms with van der Waals surface area (Å²) in [5, 5.41) is 12.7. The van der Waals surface area contributed by atoms with Crippen molar-refractivity contribution >= 4 is 11.9 Å². The van der Waals surface area contributed by atoms with E-state index in [4.69, 9.17) is 0 Å². The molecule has 0 atom stereocenters. The summed E-state index contributed by atoms with van der Waals surface area (Å²) in [6.45, 7) is 2.53. The molecule has 0 aromatic heterocycles. The molecule has 0 unspecified atom stereocenters. The van der Waals surface area contributed by atoms with Crippen LogP contribution in [0.2, 0.25) is 0 Å². The maximum atomic E-state index is 12.2. The van der Waals surface area contributed by atoms with Crippen LogP contribution in [0.25, 0.3) is 0 Å². The third-order valence-electron chi connectivity index (χ3n) is 4.12. The summed E-state index contributed by atoms with van der Waals surface area (Å²) in [6, 6.07) is 7.60. The van der Waals surface area contributed by atoms with Crippen LogP contribution >= 0.6 is 0 Å². The summed E-state index contributed by atoms with van der Waals surface area (Å²) in [7, 11) is 1.72. The van der Waals surface area contributed by atoms with E-state index in [0.29, 0.717) is 19.1 Å². The second-order valence-electron chi connectivity index (χ2n) is 5.81. The third kappa shape index (κ3) is 3.32. The van der Waals surface area contributed by atoms with Gasteiger partial charge in [0.25, 0.3) is 0 Å². The van der Waals surface area contributed by atoms with Crippen molar-refractivity contribution in [1.82, 2.24) is 15.1 Å². The molecule has 3 rings (SSSR count). The number of aliphatic imine (C=N–C) groups is 1. The molecule has 1 saturated carbocycles. The predicted octanol–water partition coefficient (Wildman–Crippen LogP) is 0.774. The lowest BCUT2D eigenvalue weighted by molar-refractivity contribution is -0.135. The Balaban J connectivity index is 1.56. The van der Waals surface area contributed by atoms with Crippen LogP contribution in [0.5, 0.6) is 5.75 Å². The summed E-state index contributed by atoms with van der Waals surface area (Å²) >= 11 is 0. The van der Waals surface area contributed by atoms with E-state index in [-0.39, 0.29) is 11.7 Å². The van der Waals surface area contributed by atoms with Crippen molar-refractivity contribution in [2.75, 3.05) is 26.7 Å². The zero-order valence-corrected chi connectivity index (χ0v) is 12.8. The zero-order valence-electron chi connectivity index (χ0n) is 12.8. The number of carbonyl (C=O) groups excluding carboxylic acids is 1. The van der Waals surface area contributed by atoms with Crippen molar-refractivity contribution < 1.29 is 9.90 Å². The smallest absolute Gasteiger partial charge is 0.242 e. The van der Waals surface area contributed by atoms with E-state index < -0.39 is 0 Å². The molecule has 6 heteroatoms. The van der Waals surface area contributed by atoms with Crippen LogP contribution in [0, 0.1) is 0 Å². The Bertz CT molecular complexity index is 583. The molecule has 1 aliphatic heterocycles.